The molecule has 0 amide bonds. The molecular formula is C10H15NO3S. The third-order valence-electron chi connectivity index (χ3n) is 2.09. The van der Waals surface area contributed by atoms with Gasteiger partial charge in [-0.2, -0.15) is 0 Å². The zero-order valence-corrected chi connectivity index (χ0v) is 9.87. The van der Waals surface area contributed by atoms with Crippen molar-refractivity contribution in [2.24, 2.45) is 5.92 Å². The molecule has 0 aromatic carbocycles. The van der Waals surface area contributed by atoms with Crippen molar-refractivity contribution in [3.8, 4) is 0 Å². The van der Waals surface area contributed by atoms with Gasteiger partial charge in [-0.25, -0.2) is 4.98 Å². The van der Waals surface area contributed by atoms with Crippen molar-refractivity contribution in [1.82, 2.24) is 4.98 Å². The van der Waals surface area contributed by atoms with E-state index in [0.29, 0.717) is 12.3 Å². The van der Waals surface area contributed by atoms with Crippen molar-refractivity contribution >= 4 is 17.3 Å². The van der Waals surface area contributed by atoms with Crippen LogP contribution in [0.5, 0.6) is 0 Å². The molecule has 1 atom stereocenters. The predicted octanol–water partition coefficient (Wildman–Crippen LogP) is 2.11. The topological polar surface area (TPSA) is 59.4 Å². The summed E-state index contributed by atoms with van der Waals surface area (Å²) in [5, 5.41) is 11.7. The molecule has 0 fully saturated rings. The van der Waals surface area contributed by atoms with E-state index in [4.69, 9.17) is 9.84 Å². The molecule has 1 heterocycles. The Kier molecular flexibility index (Phi) is 4.23. The molecule has 0 spiro atoms. The van der Waals surface area contributed by atoms with E-state index in [-0.39, 0.29) is 5.92 Å². The number of nitrogens with zero attached hydrogens (tertiary/aromatic N) is 1. The summed E-state index contributed by atoms with van der Waals surface area (Å²) in [4.78, 5) is 15.3. The fourth-order valence-electron chi connectivity index (χ4n) is 1.41. The number of carboxylic acids is 1. The standard InChI is InChI=1S/C10H15NO3S/c1-6(2)9(10(12)13)7-5-15-8(11-7)4-14-3/h5-6,9H,4H2,1-3H3,(H,12,13). The zero-order valence-electron chi connectivity index (χ0n) is 9.06. The normalized spacial score (nSPS) is 13.1. The van der Waals surface area contributed by atoms with Crippen LogP contribution in [0.3, 0.4) is 0 Å². The molecule has 1 unspecified atom stereocenters. The molecule has 0 bridgehead atoms. The molecule has 15 heavy (non-hydrogen) atoms. The molecule has 1 rings (SSSR count). The number of ether oxygens (including phenoxy) is 1. The second-order valence-electron chi connectivity index (χ2n) is 3.66. The molecule has 1 N–H and O–H groups in total. The van der Waals surface area contributed by atoms with Gasteiger partial charge in [-0.05, 0) is 5.92 Å². The Labute approximate surface area is 92.9 Å². The number of carboxylic acid groups (broad SMARTS) is 1. The third-order valence-corrected chi connectivity index (χ3v) is 2.93. The first-order chi connectivity index (χ1) is 7.06. The van der Waals surface area contributed by atoms with Crippen molar-refractivity contribution in [2.75, 3.05) is 7.11 Å². The minimum absolute atomic E-state index is 0.0417. The molecule has 0 radical (unpaired) electrons. The molecule has 4 nitrogen and oxygen atoms in total. The van der Waals surface area contributed by atoms with E-state index in [1.807, 2.05) is 13.8 Å². The highest BCUT2D eigenvalue weighted by atomic mass is 32.1. The number of carbonyl (C=O) groups is 1. The lowest BCUT2D eigenvalue weighted by Gasteiger charge is -2.13. The largest absolute Gasteiger partial charge is 0.481 e. The Hall–Kier alpha value is -0.940. The molecule has 1 aromatic rings. The van der Waals surface area contributed by atoms with Crippen LogP contribution in [-0.4, -0.2) is 23.2 Å². The summed E-state index contributed by atoms with van der Waals surface area (Å²) in [6.07, 6.45) is 0. The molecular weight excluding hydrogens is 214 g/mol. The number of aliphatic carboxylic acids is 1. The number of thiazole rings is 1. The maximum Gasteiger partial charge on any atom is 0.312 e. The minimum Gasteiger partial charge on any atom is -0.481 e. The maximum absolute atomic E-state index is 11.0. The molecule has 0 aliphatic heterocycles. The van der Waals surface area contributed by atoms with Gasteiger partial charge >= 0.3 is 5.97 Å². The number of methoxy groups -OCH3 is 1. The highest BCUT2D eigenvalue weighted by molar-refractivity contribution is 7.09. The monoisotopic (exact) mass is 229 g/mol. The van der Waals surface area contributed by atoms with E-state index in [1.54, 1.807) is 12.5 Å². The summed E-state index contributed by atoms with van der Waals surface area (Å²) in [7, 11) is 1.60. The fraction of sp³-hybridized carbons (Fsp3) is 0.600. The van der Waals surface area contributed by atoms with Gasteiger partial charge in [0.25, 0.3) is 0 Å². The number of hydrogen-bond donors (Lipinski definition) is 1. The van der Waals surface area contributed by atoms with Gasteiger partial charge in [0, 0.05) is 12.5 Å². The Bertz CT molecular complexity index is 335. The quantitative estimate of drug-likeness (QED) is 0.840. The van der Waals surface area contributed by atoms with Crippen LogP contribution >= 0.6 is 11.3 Å². The van der Waals surface area contributed by atoms with Crippen LogP contribution in [0.4, 0.5) is 0 Å². The SMILES string of the molecule is COCc1nc(C(C(=O)O)C(C)C)cs1. The highest BCUT2D eigenvalue weighted by Crippen LogP contribution is 2.26. The van der Waals surface area contributed by atoms with Crippen LogP contribution in [0.15, 0.2) is 5.38 Å². The van der Waals surface area contributed by atoms with Crippen LogP contribution < -0.4 is 0 Å². The van der Waals surface area contributed by atoms with E-state index < -0.39 is 11.9 Å². The summed E-state index contributed by atoms with van der Waals surface area (Å²) >= 11 is 1.44. The van der Waals surface area contributed by atoms with Crippen molar-refractivity contribution in [1.29, 1.82) is 0 Å². The minimum atomic E-state index is -0.820. The van der Waals surface area contributed by atoms with Crippen molar-refractivity contribution in [2.45, 2.75) is 26.4 Å². The van der Waals surface area contributed by atoms with E-state index in [1.165, 1.54) is 11.3 Å². The average Bonchev–Trinajstić information content (AvgIpc) is 2.52. The van der Waals surface area contributed by atoms with E-state index in [2.05, 4.69) is 4.98 Å². The molecule has 5 heteroatoms. The summed E-state index contributed by atoms with van der Waals surface area (Å²) in [5.74, 6) is -1.30. The number of aromatic nitrogens is 1. The Morgan fingerprint density at radius 2 is 2.33 bits per heavy atom. The van der Waals surface area contributed by atoms with Crippen LogP contribution in [0.1, 0.15) is 30.5 Å². The van der Waals surface area contributed by atoms with Crippen LogP contribution in [0.2, 0.25) is 0 Å². The predicted molar refractivity (Wildman–Crippen MR) is 58.0 cm³/mol. The van der Waals surface area contributed by atoms with E-state index in [0.717, 1.165) is 5.01 Å². The summed E-state index contributed by atoms with van der Waals surface area (Å²) in [5.41, 5.74) is 0.634. The van der Waals surface area contributed by atoms with Crippen LogP contribution in [0.25, 0.3) is 0 Å². The molecule has 1 aromatic heterocycles. The van der Waals surface area contributed by atoms with E-state index >= 15 is 0 Å². The number of hydrogen-bond acceptors (Lipinski definition) is 4. The maximum atomic E-state index is 11.0. The van der Waals surface area contributed by atoms with Crippen molar-refractivity contribution < 1.29 is 14.6 Å². The van der Waals surface area contributed by atoms with Crippen LogP contribution in [0, 0.1) is 5.92 Å². The lowest BCUT2D eigenvalue weighted by Crippen LogP contribution is -2.17. The van der Waals surface area contributed by atoms with Crippen LogP contribution in [-0.2, 0) is 16.1 Å². The van der Waals surface area contributed by atoms with Gasteiger partial charge in [-0.15, -0.1) is 11.3 Å². The third kappa shape index (κ3) is 3.00. The summed E-state index contributed by atoms with van der Waals surface area (Å²) < 4.78 is 4.94. The van der Waals surface area contributed by atoms with Crippen molar-refractivity contribution in [3.63, 3.8) is 0 Å². The van der Waals surface area contributed by atoms with E-state index in [9.17, 15) is 4.79 Å². The second kappa shape index (κ2) is 5.23. The average molecular weight is 229 g/mol. The fourth-order valence-corrected chi connectivity index (χ4v) is 2.21. The lowest BCUT2D eigenvalue weighted by molar-refractivity contribution is -0.139. The Morgan fingerprint density at radius 3 is 2.80 bits per heavy atom. The van der Waals surface area contributed by atoms with Gasteiger partial charge in [0.15, 0.2) is 0 Å². The second-order valence-corrected chi connectivity index (χ2v) is 4.60. The van der Waals surface area contributed by atoms with Crippen molar-refractivity contribution in [3.05, 3.63) is 16.1 Å². The van der Waals surface area contributed by atoms with Gasteiger partial charge < -0.3 is 9.84 Å². The molecule has 0 saturated heterocycles. The Balaban J connectivity index is 2.87. The van der Waals surface area contributed by atoms with Gasteiger partial charge in [-0.3, -0.25) is 4.79 Å². The first kappa shape index (κ1) is 12.1. The lowest BCUT2D eigenvalue weighted by atomic mass is 9.93. The Morgan fingerprint density at radius 1 is 1.67 bits per heavy atom. The first-order valence-electron chi connectivity index (χ1n) is 4.72. The summed E-state index contributed by atoms with van der Waals surface area (Å²) in [6, 6.07) is 0. The first-order valence-corrected chi connectivity index (χ1v) is 5.60. The molecule has 0 saturated carbocycles. The van der Waals surface area contributed by atoms with Gasteiger partial charge in [0.2, 0.25) is 0 Å². The van der Waals surface area contributed by atoms with Gasteiger partial charge in [-0.1, -0.05) is 13.8 Å². The number of rotatable bonds is 5. The highest BCUT2D eigenvalue weighted by Gasteiger charge is 2.25. The zero-order chi connectivity index (χ0) is 11.4. The van der Waals surface area contributed by atoms with Gasteiger partial charge in [0.1, 0.15) is 10.9 Å². The summed E-state index contributed by atoms with van der Waals surface area (Å²) in [6.45, 7) is 4.21. The molecule has 0 aliphatic rings. The molecule has 84 valence electrons. The van der Waals surface area contributed by atoms with Gasteiger partial charge in [0.05, 0.1) is 12.3 Å². The molecule has 0 aliphatic carbocycles. The smallest absolute Gasteiger partial charge is 0.312 e.